The zero-order valence-electron chi connectivity index (χ0n) is 43.5. The standard InChI is InChI=1S/C54H70N10O9S2/c1-34-43(59-53(70)73-41-9-7-6-8-10-41)25-39(29-55-34)38-15-16-42-45(26-38)75-52(58-42)61-47(67)32-72-24-23-71-22-21-62-17-19-63(20-18-62)31-46(66)60-49(54(3,4)5)51(69)64-30-40(65)27-44(64)50(68)56-28-36-11-13-37(14-12-36)48-35(2)57-33-74-48/h11-16,25-26,29,33,40-41,44,49,65H,6-10,17-24,27-28,30-32H2,1-5H3,(H,56,68)(H,59,70)(H,60,66)(H,58,61,67)/t40-,44+,49-/m1/s1. The number of aliphatic hydroxyl groups is 1. The number of rotatable bonds is 20. The van der Waals surface area contributed by atoms with Crippen LogP contribution in [0.5, 0.6) is 0 Å². The molecule has 19 nitrogen and oxygen atoms in total. The largest absolute Gasteiger partial charge is 0.446 e. The molecule has 0 radical (unpaired) electrons. The molecule has 3 atom stereocenters. The van der Waals surface area contributed by atoms with E-state index in [2.05, 4.69) is 46.0 Å². The summed E-state index contributed by atoms with van der Waals surface area (Å²) in [5.41, 5.74) is 7.81. The van der Waals surface area contributed by atoms with Crippen molar-refractivity contribution in [2.24, 2.45) is 5.41 Å². The Morgan fingerprint density at radius 3 is 2.29 bits per heavy atom. The number of fused-ring (bicyclic) bond motifs is 1. The molecule has 3 fully saturated rings. The lowest BCUT2D eigenvalue weighted by atomic mass is 9.85. The van der Waals surface area contributed by atoms with Crippen molar-refractivity contribution in [1.82, 2.24) is 40.3 Å². The topological polar surface area (TPSA) is 230 Å². The van der Waals surface area contributed by atoms with Crippen LogP contribution in [0.25, 0.3) is 31.8 Å². The lowest BCUT2D eigenvalue weighted by molar-refractivity contribution is -0.144. The van der Waals surface area contributed by atoms with E-state index >= 15 is 0 Å². The molecule has 3 aromatic heterocycles. The molecule has 2 aromatic carbocycles. The van der Waals surface area contributed by atoms with Gasteiger partial charge in [-0.15, -0.1) is 11.3 Å². The van der Waals surface area contributed by atoms with Crippen LogP contribution in [0.4, 0.5) is 15.6 Å². The number of aliphatic hydroxyl groups excluding tert-OH is 1. The summed E-state index contributed by atoms with van der Waals surface area (Å²) < 4.78 is 17.9. The molecule has 1 aliphatic carbocycles. The summed E-state index contributed by atoms with van der Waals surface area (Å²) in [6.07, 6.45) is 5.61. The lowest BCUT2D eigenvalue weighted by Crippen LogP contribution is -2.59. The second-order valence-electron chi connectivity index (χ2n) is 20.6. The quantitative estimate of drug-likeness (QED) is 0.0533. The predicted octanol–water partition coefficient (Wildman–Crippen LogP) is 6.38. The molecule has 5 heterocycles. The third-order valence-electron chi connectivity index (χ3n) is 13.8. The fourth-order valence-electron chi connectivity index (χ4n) is 9.54. The molecular formula is C54H70N10O9S2. The van der Waals surface area contributed by atoms with Gasteiger partial charge in [0.2, 0.25) is 17.7 Å². The lowest BCUT2D eigenvalue weighted by Gasteiger charge is -2.37. The smallest absolute Gasteiger partial charge is 0.411 e. The van der Waals surface area contributed by atoms with Crippen LogP contribution >= 0.6 is 22.7 Å². The summed E-state index contributed by atoms with van der Waals surface area (Å²) in [4.78, 5) is 86.7. The Morgan fingerprint density at radius 2 is 1.56 bits per heavy atom. The maximum Gasteiger partial charge on any atom is 0.411 e. The number of thiazole rings is 2. The number of piperazine rings is 1. The number of nitrogens with one attached hydrogen (secondary N) is 4. The number of anilines is 2. The van der Waals surface area contributed by atoms with Crippen molar-refractivity contribution >= 4 is 73.4 Å². The summed E-state index contributed by atoms with van der Waals surface area (Å²) in [5, 5.41) is 22.7. The second-order valence-corrected chi connectivity index (χ2v) is 22.5. The van der Waals surface area contributed by atoms with Crippen molar-refractivity contribution in [3.05, 3.63) is 77.2 Å². The Hall–Kier alpha value is -5.94. The van der Waals surface area contributed by atoms with Gasteiger partial charge in [-0.3, -0.25) is 44.6 Å². The van der Waals surface area contributed by atoms with Crippen LogP contribution in [0.1, 0.15) is 76.2 Å². The van der Waals surface area contributed by atoms with Crippen molar-refractivity contribution in [1.29, 1.82) is 0 Å². The fraction of sp³-hybridized carbons (Fsp3) is 0.519. The van der Waals surface area contributed by atoms with E-state index in [0.717, 1.165) is 81.8 Å². The predicted molar refractivity (Wildman–Crippen MR) is 289 cm³/mol. The van der Waals surface area contributed by atoms with E-state index in [1.807, 2.05) is 88.7 Å². The third-order valence-corrected chi connectivity index (χ3v) is 15.7. The van der Waals surface area contributed by atoms with E-state index in [9.17, 15) is 29.1 Å². The minimum atomic E-state index is -0.910. The fourth-order valence-corrected chi connectivity index (χ4v) is 11.3. The minimum Gasteiger partial charge on any atom is -0.446 e. The summed E-state index contributed by atoms with van der Waals surface area (Å²) in [5.74, 6) is -1.35. The molecule has 2 saturated heterocycles. The van der Waals surface area contributed by atoms with Crippen LogP contribution in [0, 0.1) is 19.3 Å². The first kappa shape index (κ1) is 55.3. The maximum absolute atomic E-state index is 14.1. The molecule has 1 saturated carbocycles. The molecule has 8 rings (SSSR count). The molecule has 5 amide bonds. The molecule has 0 unspecified atom stereocenters. The SMILES string of the molecule is Cc1ncc(-c2ccc3nc(NC(=O)COCCOCCN4CCN(CC(=O)N[C@H](C(=O)N5C[C@H](O)C[C@H]5C(=O)NCc5ccc(-c6scnc6C)cc5)C(C)(C)C)CC4)sc3c2)cc1NC(=O)OC1CCCCC1. The van der Waals surface area contributed by atoms with Gasteiger partial charge in [-0.25, -0.2) is 14.8 Å². The van der Waals surface area contributed by atoms with Gasteiger partial charge < -0.3 is 34.9 Å². The van der Waals surface area contributed by atoms with Gasteiger partial charge >= 0.3 is 6.09 Å². The molecular weight excluding hydrogens is 997 g/mol. The number of amides is 5. The Kier molecular flexibility index (Phi) is 19.0. The normalized spacial score (nSPS) is 18.2. The first-order chi connectivity index (χ1) is 36.1. The van der Waals surface area contributed by atoms with E-state index in [0.29, 0.717) is 49.4 Å². The molecule has 3 aliphatic rings. The molecule has 75 heavy (non-hydrogen) atoms. The molecule has 0 spiro atoms. The molecule has 2 aliphatic heterocycles. The third kappa shape index (κ3) is 15.4. The van der Waals surface area contributed by atoms with Crippen LogP contribution in [-0.4, -0.2) is 161 Å². The highest BCUT2D eigenvalue weighted by molar-refractivity contribution is 7.22. The highest BCUT2D eigenvalue weighted by atomic mass is 32.1. The van der Waals surface area contributed by atoms with Crippen LogP contribution < -0.4 is 21.3 Å². The number of carbonyl (C=O) groups excluding carboxylic acids is 5. The van der Waals surface area contributed by atoms with E-state index in [1.54, 1.807) is 17.5 Å². The maximum atomic E-state index is 14.1. The second kappa shape index (κ2) is 25.7. The number of benzene rings is 2. The zero-order valence-corrected chi connectivity index (χ0v) is 45.2. The minimum absolute atomic E-state index is 0.00480. The van der Waals surface area contributed by atoms with Gasteiger partial charge in [0.15, 0.2) is 5.13 Å². The molecule has 402 valence electrons. The average Bonchev–Trinajstić information content (AvgIpc) is 4.13. The number of aromatic nitrogens is 3. The summed E-state index contributed by atoms with van der Waals surface area (Å²) in [6, 6.07) is 13.8. The molecule has 21 heteroatoms. The number of hydrogen-bond acceptors (Lipinski definition) is 16. The van der Waals surface area contributed by atoms with E-state index in [1.165, 1.54) is 22.7 Å². The summed E-state index contributed by atoms with van der Waals surface area (Å²) in [6.45, 7) is 14.2. The molecule has 5 aromatic rings. The Labute approximate surface area is 446 Å². The van der Waals surface area contributed by atoms with Crippen molar-refractivity contribution in [3.8, 4) is 21.6 Å². The van der Waals surface area contributed by atoms with Crippen LogP contribution in [0.15, 0.2) is 60.2 Å². The van der Waals surface area contributed by atoms with Crippen LogP contribution in [0.2, 0.25) is 0 Å². The summed E-state index contributed by atoms with van der Waals surface area (Å²) >= 11 is 2.93. The van der Waals surface area contributed by atoms with Crippen molar-refractivity contribution in [2.45, 2.75) is 104 Å². The van der Waals surface area contributed by atoms with Gasteiger partial charge in [-0.1, -0.05) is 68.9 Å². The number of aryl methyl sites for hydroxylation is 2. The Morgan fingerprint density at radius 1 is 0.827 bits per heavy atom. The number of ether oxygens (including phenoxy) is 3. The van der Waals surface area contributed by atoms with Crippen molar-refractivity contribution < 1.29 is 43.3 Å². The van der Waals surface area contributed by atoms with Crippen molar-refractivity contribution in [2.75, 3.05) is 82.9 Å². The Bertz CT molecular complexity index is 2770. The monoisotopic (exact) mass is 1070 g/mol. The Balaban J connectivity index is 0.700. The average molecular weight is 1070 g/mol. The van der Waals surface area contributed by atoms with Gasteiger partial charge in [0.25, 0.3) is 5.91 Å². The number of β-amino-alcohol motifs (C(OH)–C–C–N with tert-alkyl or cyclic N) is 1. The van der Waals surface area contributed by atoms with E-state index in [4.69, 9.17) is 14.2 Å². The van der Waals surface area contributed by atoms with Gasteiger partial charge in [-0.05, 0) is 79.8 Å². The highest BCUT2D eigenvalue weighted by Gasteiger charge is 2.44. The summed E-state index contributed by atoms with van der Waals surface area (Å²) in [7, 11) is 0. The zero-order chi connectivity index (χ0) is 53.1. The van der Waals surface area contributed by atoms with Gasteiger partial charge in [0, 0.05) is 64.0 Å². The first-order valence-electron chi connectivity index (χ1n) is 25.9. The number of likely N-dealkylation sites (tertiary alicyclic amines) is 1. The number of carbonyl (C=O) groups is 5. The number of nitrogens with zero attached hydrogens (tertiary/aromatic N) is 6. The van der Waals surface area contributed by atoms with Crippen molar-refractivity contribution in [3.63, 3.8) is 0 Å². The van der Waals surface area contributed by atoms with E-state index < -0.39 is 35.6 Å². The van der Waals surface area contributed by atoms with Crippen LogP contribution in [-0.2, 0) is 39.9 Å². The van der Waals surface area contributed by atoms with Crippen LogP contribution in [0.3, 0.4) is 0 Å². The van der Waals surface area contributed by atoms with Gasteiger partial charge in [-0.2, -0.15) is 0 Å². The molecule has 0 bridgehead atoms. The van der Waals surface area contributed by atoms with E-state index in [-0.39, 0.29) is 63.1 Å². The number of pyridine rings is 1. The molecule has 5 N–H and O–H groups in total. The first-order valence-corrected chi connectivity index (χ1v) is 27.6. The van der Waals surface area contributed by atoms with Gasteiger partial charge in [0.05, 0.1) is 70.1 Å². The highest BCUT2D eigenvalue weighted by Crippen LogP contribution is 2.33. The number of hydrogen-bond donors (Lipinski definition) is 5. The van der Waals surface area contributed by atoms with Gasteiger partial charge in [0.1, 0.15) is 24.8 Å².